The number of aromatic nitrogens is 2. The molecular formula is C25H30FN3O3S. The molecule has 1 aliphatic heterocycles. The number of ether oxygens (including phenoxy) is 1. The number of carbonyl (C=O) groups excluding carboxylic acids is 2. The lowest BCUT2D eigenvalue weighted by atomic mass is 9.93. The Morgan fingerprint density at radius 1 is 1.27 bits per heavy atom. The number of likely N-dealkylation sites (tertiary alicyclic amines) is 1. The van der Waals surface area contributed by atoms with Crippen LogP contribution in [-0.2, 0) is 20.9 Å². The van der Waals surface area contributed by atoms with Crippen LogP contribution in [-0.4, -0.2) is 51.4 Å². The first-order valence-corrected chi connectivity index (χ1v) is 12.1. The summed E-state index contributed by atoms with van der Waals surface area (Å²) in [6.45, 7) is 3.58. The number of piperidine rings is 1. The van der Waals surface area contributed by atoms with Gasteiger partial charge in [0.05, 0.1) is 18.3 Å². The summed E-state index contributed by atoms with van der Waals surface area (Å²) in [6.07, 6.45) is 6.99. The van der Waals surface area contributed by atoms with E-state index in [4.69, 9.17) is 17.4 Å². The van der Waals surface area contributed by atoms with Crippen LogP contribution in [0.3, 0.4) is 0 Å². The van der Waals surface area contributed by atoms with Crippen molar-refractivity contribution < 1.29 is 18.7 Å². The molecule has 2 unspecified atom stereocenters. The Bertz CT molecular complexity index is 1030. The second kappa shape index (κ2) is 10.7. The van der Waals surface area contributed by atoms with Gasteiger partial charge in [0.15, 0.2) is 5.78 Å². The van der Waals surface area contributed by atoms with Crippen molar-refractivity contribution in [2.24, 2.45) is 5.92 Å². The monoisotopic (exact) mass is 471 g/mol. The molecule has 2 aromatic rings. The number of esters is 1. The minimum Gasteiger partial charge on any atom is -0.464 e. The summed E-state index contributed by atoms with van der Waals surface area (Å²) in [6, 6.07) is 7.82. The summed E-state index contributed by atoms with van der Waals surface area (Å²) >= 11 is 4.75. The van der Waals surface area contributed by atoms with Crippen LogP contribution in [0.2, 0.25) is 0 Å². The molecule has 1 aromatic carbocycles. The zero-order valence-electron chi connectivity index (χ0n) is 18.8. The highest BCUT2D eigenvalue weighted by Crippen LogP contribution is 2.39. The van der Waals surface area contributed by atoms with Crippen LogP contribution >= 0.6 is 12.6 Å². The number of ketones is 1. The lowest BCUT2D eigenvalue weighted by Gasteiger charge is -2.37. The first kappa shape index (κ1) is 23.7. The van der Waals surface area contributed by atoms with Crippen molar-refractivity contribution in [3.8, 4) is 0 Å². The molecule has 8 heteroatoms. The Labute approximate surface area is 199 Å². The highest BCUT2D eigenvalue weighted by molar-refractivity contribution is 7.81. The van der Waals surface area contributed by atoms with Gasteiger partial charge in [0.1, 0.15) is 12.4 Å². The summed E-state index contributed by atoms with van der Waals surface area (Å²) in [5, 5.41) is 4.49. The van der Waals surface area contributed by atoms with E-state index in [1.54, 1.807) is 29.1 Å². The van der Waals surface area contributed by atoms with Crippen LogP contribution in [0.25, 0.3) is 6.08 Å². The lowest BCUT2D eigenvalue weighted by molar-refractivity contribution is -0.144. The number of benzene rings is 1. The average molecular weight is 472 g/mol. The van der Waals surface area contributed by atoms with E-state index in [2.05, 4.69) is 10.00 Å². The summed E-state index contributed by atoms with van der Waals surface area (Å²) < 4.78 is 21.4. The molecule has 0 radical (unpaired) electrons. The second-order valence-corrected chi connectivity index (χ2v) is 9.38. The number of hydrogen-bond donors (Lipinski definition) is 1. The Morgan fingerprint density at radius 2 is 2.06 bits per heavy atom. The van der Waals surface area contributed by atoms with Gasteiger partial charge in [-0.2, -0.15) is 17.7 Å². The molecule has 1 saturated carbocycles. The molecule has 176 valence electrons. The van der Waals surface area contributed by atoms with Crippen molar-refractivity contribution in [2.75, 3.05) is 19.7 Å². The summed E-state index contributed by atoms with van der Waals surface area (Å²) in [7, 11) is 0. The van der Waals surface area contributed by atoms with E-state index in [1.807, 2.05) is 19.1 Å². The molecule has 2 aliphatic rings. The maximum Gasteiger partial charge on any atom is 0.327 e. The van der Waals surface area contributed by atoms with Gasteiger partial charge in [0, 0.05) is 36.0 Å². The number of halogens is 1. The van der Waals surface area contributed by atoms with Gasteiger partial charge in [0.2, 0.25) is 0 Å². The second-order valence-electron chi connectivity index (χ2n) is 8.75. The standard InChI is InChI=1S/C25H30FN3O3S/c1-2-13-32-23(30)16-29-12-9-19(27-29)14-18-15-28(11-10-22(18)33)24(25(31)17-7-8-17)20-5-3-4-6-21(20)26/h3-6,9,12,14,17,22,24,33H,2,7-8,10-11,13,15-16H2,1H3/b18-14+. The summed E-state index contributed by atoms with van der Waals surface area (Å²) in [4.78, 5) is 27.1. The Kier molecular flexibility index (Phi) is 7.65. The van der Waals surface area contributed by atoms with E-state index in [9.17, 15) is 14.0 Å². The molecule has 1 aromatic heterocycles. The molecule has 1 aliphatic carbocycles. The highest BCUT2D eigenvalue weighted by Gasteiger charge is 2.40. The van der Waals surface area contributed by atoms with Crippen LogP contribution in [0, 0.1) is 11.7 Å². The largest absolute Gasteiger partial charge is 0.464 e. The molecule has 2 heterocycles. The lowest BCUT2D eigenvalue weighted by Crippen LogP contribution is -2.42. The molecule has 33 heavy (non-hydrogen) atoms. The third-order valence-corrected chi connectivity index (χ3v) is 6.66. The first-order valence-electron chi connectivity index (χ1n) is 11.6. The van der Waals surface area contributed by atoms with E-state index in [0.29, 0.717) is 31.0 Å². The topological polar surface area (TPSA) is 64.4 Å². The van der Waals surface area contributed by atoms with E-state index >= 15 is 0 Å². The van der Waals surface area contributed by atoms with Gasteiger partial charge in [0.25, 0.3) is 0 Å². The third-order valence-electron chi connectivity index (χ3n) is 6.07. The number of thiol groups is 1. The Morgan fingerprint density at radius 3 is 2.79 bits per heavy atom. The van der Waals surface area contributed by atoms with Crippen LogP contribution in [0.5, 0.6) is 0 Å². The van der Waals surface area contributed by atoms with Gasteiger partial charge < -0.3 is 4.74 Å². The highest BCUT2D eigenvalue weighted by atomic mass is 32.1. The fourth-order valence-electron chi connectivity index (χ4n) is 4.20. The molecule has 4 rings (SSSR count). The van der Waals surface area contributed by atoms with Gasteiger partial charge >= 0.3 is 5.97 Å². The number of carbonyl (C=O) groups is 2. The Hall–Kier alpha value is -2.45. The fourth-order valence-corrected chi connectivity index (χ4v) is 4.47. The fraction of sp³-hybridized carbons (Fsp3) is 0.480. The maximum absolute atomic E-state index is 14.7. The average Bonchev–Trinajstić information content (AvgIpc) is 3.57. The molecular weight excluding hydrogens is 441 g/mol. The number of nitrogens with zero attached hydrogens (tertiary/aromatic N) is 3. The van der Waals surface area contributed by atoms with Crippen LogP contribution in [0.4, 0.5) is 4.39 Å². The summed E-state index contributed by atoms with van der Waals surface area (Å²) in [5.74, 6) is -0.532. The number of Topliss-reactive ketones (excluding diaryl/α,β-unsaturated/α-hetero) is 1. The predicted molar refractivity (Wildman–Crippen MR) is 127 cm³/mol. The van der Waals surface area contributed by atoms with Gasteiger partial charge in [-0.1, -0.05) is 25.1 Å². The normalized spacial score (nSPS) is 21.2. The van der Waals surface area contributed by atoms with Crippen molar-refractivity contribution in [3.05, 3.63) is 59.2 Å². The third kappa shape index (κ3) is 5.92. The van der Waals surface area contributed by atoms with E-state index < -0.39 is 6.04 Å². The predicted octanol–water partition coefficient (Wildman–Crippen LogP) is 4.08. The van der Waals surface area contributed by atoms with Crippen molar-refractivity contribution in [1.82, 2.24) is 14.7 Å². The van der Waals surface area contributed by atoms with Crippen molar-refractivity contribution in [3.63, 3.8) is 0 Å². The molecule has 1 saturated heterocycles. The van der Waals surface area contributed by atoms with Gasteiger partial charge in [-0.25, -0.2) is 4.39 Å². The van der Waals surface area contributed by atoms with E-state index in [0.717, 1.165) is 31.3 Å². The summed E-state index contributed by atoms with van der Waals surface area (Å²) in [5.41, 5.74) is 2.18. The van der Waals surface area contributed by atoms with Gasteiger partial charge in [-0.3, -0.25) is 19.2 Å². The SMILES string of the molecule is CCCOC(=O)Cn1ccc(/C=C2\CN(C(C(=O)C3CC3)c3ccccc3F)CCC2S)n1. The molecule has 0 spiro atoms. The quantitative estimate of drug-likeness (QED) is 0.441. The molecule has 2 atom stereocenters. The van der Waals surface area contributed by atoms with E-state index in [-0.39, 0.29) is 35.3 Å². The van der Waals surface area contributed by atoms with Crippen LogP contribution < -0.4 is 0 Å². The molecule has 0 bridgehead atoms. The van der Waals surface area contributed by atoms with Gasteiger partial charge in [-0.05, 0) is 49.5 Å². The minimum atomic E-state index is -0.589. The first-order chi connectivity index (χ1) is 16.0. The zero-order valence-corrected chi connectivity index (χ0v) is 19.7. The van der Waals surface area contributed by atoms with E-state index in [1.165, 1.54) is 6.07 Å². The van der Waals surface area contributed by atoms with Crippen LogP contribution in [0.15, 0.2) is 42.1 Å². The number of hydrogen-bond acceptors (Lipinski definition) is 6. The molecule has 2 fully saturated rings. The van der Waals surface area contributed by atoms with Crippen LogP contribution in [0.1, 0.15) is 49.9 Å². The van der Waals surface area contributed by atoms with Gasteiger partial charge in [-0.15, -0.1) is 0 Å². The van der Waals surface area contributed by atoms with Crippen molar-refractivity contribution in [1.29, 1.82) is 0 Å². The Balaban J connectivity index is 1.52. The smallest absolute Gasteiger partial charge is 0.327 e. The van der Waals surface area contributed by atoms with Crippen molar-refractivity contribution >= 4 is 30.5 Å². The zero-order chi connectivity index (χ0) is 23.4. The minimum absolute atomic E-state index is 0.0261. The van der Waals surface area contributed by atoms with Crippen molar-refractivity contribution in [2.45, 2.75) is 50.4 Å². The molecule has 0 amide bonds. The number of rotatable bonds is 9. The molecule has 6 nitrogen and oxygen atoms in total. The molecule has 0 N–H and O–H groups in total. The maximum atomic E-state index is 14.7.